The quantitative estimate of drug-likeness (QED) is 0.790. The summed E-state index contributed by atoms with van der Waals surface area (Å²) in [7, 11) is 0. The predicted molar refractivity (Wildman–Crippen MR) is 55.5 cm³/mol. The number of nitrogens with zero attached hydrogens (tertiary/aromatic N) is 1. The lowest BCUT2D eigenvalue weighted by Crippen LogP contribution is -1.89. The van der Waals surface area contributed by atoms with Gasteiger partial charge in [0.15, 0.2) is 0 Å². The molecule has 1 heterocycles. The van der Waals surface area contributed by atoms with Crippen LogP contribution >= 0.6 is 0 Å². The summed E-state index contributed by atoms with van der Waals surface area (Å²) >= 11 is 0. The molecule has 0 aliphatic heterocycles. The normalized spacial score (nSPS) is 10.4. The SMILES string of the molecule is OCc1cc(F)cc(-c2ccc(F)nc2)c1. The molecule has 0 fully saturated rings. The van der Waals surface area contributed by atoms with Gasteiger partial charge in [0.1, 0.15) is 5.82 Å². The largest absolute Gasteiger partial charge is 0.392 e. The van der Waals surface area contributed by atoms with Gasteiger partial charge >= 0.3 is 0 Å². The highest BCUT2D eigenvalue weighted by Gasteiger charge is 2.03. The van der Waals surface area contributed by atoms with E-state index in [1.807, 2.05) is 0 Å². The monoisotopic (exact) mass is 221 g/mol. The van der Waals surface area contributed by atoms with Gasteiger partial charge in [-0.1, -0.05) is 0 Å². The molecule has 0 radical (unpaired) electrons. The molecule has 1 N–H and O–H groups in total. The van der Waals surface area contributed by atoms with Gasteiger partial charge in [-0.2, -0.15) is 4.39 Å². The fourth-order valence-electron chi connectivity index (χ4n) is 1.45. The van der Waals surface area contributed by atoms with Gasteiger partial charge < -0.3 is 5.11 Å². The second-order valence-electron chi connectivity index (χ2n) is 3.38. The first-order valence-corrected chi connectivity index (χ1v) is 4.71. The smallest absolute Gasteiger partial charge is 0.212 e. The van der Waals surface area contributed by atoms with Gasteiger partial charge in [0.05, 0.1) is 6.61 Å². The Morgan fingerprint density at radius 2 is 1.88 bits per heavy atom. The van der Waals surface area contributed by atoms with E-state index < -0.39 is 11.8 Å². The summed E-state index contributed by atoms with van der Waals surface area (Å²) in [5.74, 6) is -1.02. The van der Waals surface area contributed by atoms with Gasteiger partial charge in [-0.15, -0.1) is 0 Å². The number of rotatable bonds is 2. The number of hydrogen-bond acceptors (Lipinski definition) is 2. The van der Waals surface area contributed by atoms with Crippen LogP contribution < -0.4 is 0 Å². The van der Waals surface area contributed by atoms with Crippen LogP contribution in [-0.2, 0) is 6.61 Å². The van der Waals surface area contributed by atoms with Gasteiger partial charge in [0.25, 0.3) is 0 Å². The third kappa shape index (κ3) is 2.23. The van der Waals surface area contributed by atoms with Crippen LogP contribution in [0.2, 0.25) is 0 Å². The second-order valence-corrected chi connectivity index (χ2v) is 3.38. The van der Waals surface area contributed by atoms with Crippen molar-refractivity contribution in [3.8, 4) is 11.1 Å². The lowest BCUT2D eigenvalue weighted by atomic mass is 10.0. The maximum atomic E-state index is 13.2. The van der Waals surface area contributed by atoms with Crippen LogP contribution in [0.25, 0.3) is 11.1 Å². The number of hydrogen-bond donors (Lipinski definition) is 1. The van der Waals surface area contributed by atoms with Crippen molar-refractivity contribution < 1.29 is 13.9 Å². The molecule has 0 spiro atoms. The first kappa shape index (κ1) is 10.7. The Kier molecular flexibility index (Phi) is 2.92. The van der Waals surface area contributed by atoms with Crippen LogP contribution in [0.15, 0.2) is 36.5 Å². The Bertz CT molecular complexity index is 497. The molecule has 2 aromatic rings. The number of aliphatic hydroxyl groups excluding tert-OH is 1. The lowest BCUT2D eigenvalue weighted by molar-refractivity contribution is 0.281. The Balaban J connectivity index is 2.47. The number of halogens is 2. The zero-order valence-electron chi connectivity index (χ0n) is 8.32. The van der Waals surface area contributed by atoms with Gasteiger partial charge in [-0.25, -0.2) is 9.37 Å². The van der Waals surface area contributed by atoms with Crippen molar-refractivity contribution in [1.82, 2.24) is 4.98 Å². The van der Waals surface area contributed by atoms with Gasteiger partial charge in [0.2, 0.25) is 5.95 Å². The first-order valence-electron chi connectivity index (χ1n) is 4.71. The minimum Gasteiger partial charge on any atom is -0.392 e. The molecule has 0 atom stereocenters. The Morgan fingerprint density at radius 1 is 1.06 bits per heavy atom. The third-order valence-corrected chi connectivity index (χ3v) is 2.20. The molecule has 2 nitrogen and oxygen atoms in total. The zero-order chi connectivity index (χ0) is 11.5. The highest BCUT2D eigenvalue weighted by molar-refractivity contribution is 5.63. The summed E-state index contributed by atoms with van der Waals surface area (Å²) in [5, 5.41) is 8.94. The molecule has 1 aromatic heterocycles. The summed E-state index contributed by atoms with van der Waals surface area (Å²) < 4.78 is 25.8. The summed E-state index contributed by atoms with van der Waals surface area (Å²) in [5.41, 5.74) is 1.64. The third-order valence-electron chi connectivity index (χ3n) is 2.20. The minimum absolute atomic E-state index is 0.237. The van der Waals surface area contributed by atoms with Crippen molar-refractivity contribution >= 4 is 0 Å². The van der Waals surface area contributed by atoms with E-state index in [1.165, 1.54) is 30.5 Å². The van der Waals surface area contributed by atoms with Crippen molar-refractivity contribution in [2.45, 2.75) is 6.61 Å². The van der Waals surface area contributed by atoms with Crippen molar-refractivity contribution in [3.05, 3.63) is 53.9 Å². The topological polar surface area (TPSA) is 33.1 Å². The Labute approximate surface area is 91.2 Å². The molecule has 0 saturated heterocycles. The molecular formula is C12H9F2NO. The number of pyridine rings is 1. The molecule has 0 amide bonds. The van der Waals surface area contributed by atoms with Gasteiger partial charge in [0, 0.05) is 11.8 Å². The fourth-order valence-corrected chi connectivity index (χ4v) is 1.45. The van der Waals surface area contributed by atoms with Crippen molar-refractivity contribution in [2.75, 3.05) is 0 Å². The van der Waals surface area contributed by atoms with Crippen LogP contribution in [-0.4, -0.2) is 10.1 Å². The van der Waals surface area contributed by atoms with Crippen LogP contribution in [0.4, 0.5) is 8.78 Å². The van der Waals surface area contributed by atoms with E-state index in [4.69, 9.17) is 5.11 Å². The summed E-state index contributed by atoms with van der Waals surface area (Å²) in [4.78, 5) is 3.49. The molecule has 1 aromatic carbocycles. The predicted octanol–water partition coefficient (Wildman–Crippen LogP) is 2.52. The van der Waals surface area contributed by atoms with E-state index in [2.05, 4.69) is 4.98 Å². The maximum Gasteiger partial charge on any atom is 0.212 e. The Morgan fingerprint density at radius 3 is 2.50 bits per heavy atom. The number of aromatic nitrogens is 1. The fraction of sp³-hybridized carbons (Fsp3) is 0.0833. The molecule has 4 heteroatoms. The average molecular weight is 221 g/mol. The second kappa shape index (κ2) is 4.37. The zero-order valence-corrected chi connectivity index (χ0v) is 8.32. The number of benzene rings is 1. The van der Waals surface area contributed by atoms with Crippen LogP contribution in [0, 0.1) is 11.8 Å². The van der Waals surface area contributed by atoms with Crippen LogP contribution in [0.3, 0.4) is 0 Å². The van der Waals surface area contributed by atoms with E-state index in [1.54, 1.807) is 6.07 Å². The highest BCUT2D eigenvalue weighted by atomic mass is 19.1. The maximum absolute atomic E-state index is 13.2. The van der Waals surface area contributed by atoms with Gasteiger partial charge in [-0.3, -0.25) is 0 Å². The standard InChI is InChI=1S/C12H9F2NO/c13-11-4-8(7-16)3-10(5-11)9-1-2-12(14)15-6-9/h1-6,16H,7H2. The summed E-state index contributed by atoms with van der Waals surface area (Å²) in [6.07, 6.45) is 1.32. The Hall–Kier alpha value is -1.81. The van der Waals surface area contributed by atoms with Crippen LogP contribution in [0.1, 0.15) is 5.56 Å². The number of aliphatic hydroxyl groups is 1. The first-order chi connectivity index (χ1) is 7.69. The van der Waals surface area contributed by atoms with Crippen molar-refractivity contribution in [3.63, 3.8) is 0 Å². The van der Waals surface area contributed by atoms with E-state index >= 15 is 0 Å². The van der Waals surface area contributed by atoms with E-state index in [9.17, 15) is 8.78 Å². The average Bonchev–Trinajstić information content (AvgIpc) is 2.29. The van der Waals surface area contributed by atoms with Crippen molar-refractivity contribution in [1.29, 1.82) is 0 Å². The molecule has 16 heavy (non-hydrogen) atoms. The summed E-state index contributed by atoms with van der Waals surface area (Å²) in [6.45, 7) is -0.237. The molecule has 0 aliphatic carbocycles. The molecule has 0 bridgehead atoms. The van der Waals surface area contributed by atoms with Crippen molar-refractivity contribution in [2.24, 2.45) is 0 Å². The minimum atomic E-state index is -0.581. The molecular weight excluding hydrogens is 212 g/mol. The summed E-state index contributed by atoms with van der Waals surface area (Å²) in [6, 6.07) is 6.92. The molecule has 0 aliphatic rings. The molecule has 0 unspecified atom stereocenters. The van der Waals surface area contributed by atoms with E-state index in [0.29, 0.717) is 16.7 Å². The molecule has 82 valence electrons. The lowest BCUT2D eigenvalue weighted by Gasteiger charge is -2.04. The van der Waals surface area contributed by atoms with Crippen LogP contribution in [0.5, 0.6) is 0 Å². The van der Waals surface area contributed by atoms with E-state index in [-0.39, 0.29) is 6.61 Å². The van der Waals surface area contributed by atoms with Gasteiger partial charge in [-0.05, 0) is 41.5 Å². The molecule has 0 saturated carbocycles. The highest BCUT2D eigenvalue weighted by Crippen LogP contribution is 2.21. The molecule has 2 rings (SSSR count). The van der Waals surface area contributed by atoms with E-state index in [0.717, 1.165) is 0 Å².